The van der Waals surface area contributed by atoms with Crippen molar-refractivity contribution in [1.29, 1.82) is 0 Å². The molecule has 0 aromatic carbocycles. The van der Waals surface area contributed by atoms with Gasteiger partial charge in [0.2, 0.25) is 0 Å². The Balaban J connectivity index is 2.32. The number of aliphatic hydroxyl groups excluding tert-OH is 1. The molecule has 1 aromatic rings. The highest BCUT2D eigenvalue weighted by atomic mass is 19.3. The molecule has 0 amide bonds. The number of halogens is 2. The van der Waals surface area contributed by atoms with E-state index in [0.29, 0.717) is 0 Å². The number of aliphatic hydroxyl groups is 1. The van der Waals surface area contributed by atoms with Crippen molar-refractivity contribution in [1.82, 2.24) is 4.98 Å². The van der Waals surface area contributed by atoms with Gasteiger partial charge in [-0.25, -0.2) is 0 Å². The van der Waals surface area contributed by atoms with E-state index in [2.05, 4.69) is 4.98 Å². The molecule has 0 unspecified atom stereocenters. The zero-order chi connectivity index (χ0) is 10.2. The standard InChI is InChI=1S/C10H13F2NO/c11-10(12,6-14)9-5-7-3-1-2-4-8(7)13-9/h5,13-14H,1-4,6H2. The number of aryl methyl sites for hydroxylation is 2. The van der Waals surface area contributed by atoms with Gasteiger partial charge in [0, 0.05) is 5.69 Å². The van der Waals surface area contributed by atoms with E-state index in [4.69, 9.17) is 5.11 Å². The SMILES string of the molecule is OCC(F)(F)c1cc2c([nH]1)CCCC2. The van der Waals surface area contributed by atoms with Gasteiger partial charge in [0.25, 0.3) is 0 Å². The fraction of sp³-hybridized carbons (Fsp3) is 0.600. The molecule has 1 aliphatic carbocycles. The number of H-pyrrole nitrogens is 1. The summed E-state index contributed by atoms with van der Waals surface area (Å²) in [5, 5.41) is 8.54. The summed E-state index contributed by atoms with van der Waals surface area (Å²) in [6, 6.07) is 1.49. The monoisotopic (exact) mass is 201 g/mol. The Morgan fingerprint density at radius 2 is 2.07 bits per heavy atom. The highest BCUT2D eigenvalue weighted by Gasteiger charge is 2.33. The largest absolute Gasteiger partial charge is 0.390 e. The van der Waals surface area contributed by atoms with Gasteiger partial charge in [-0.3, -0.25) is 0 Å². The maximum atomic E-state index is 13.1. The van der Waals surface area contributed by atoms with Crippen molar-refractivity contribution in [2.24, 2.45) is 0 Å². The molecule has 2 rings (SSSR count). The number of nitrogens with one attached hydrogen (secondary N) is 1. The molecule has 0 aliphatic heterocycles. The van der Waals surface area contributed by atoms with Crippen molar-refractivity contribution in [3.63, 3.8) is 0 Å². The first-order valence-corrected chi connectivity index (χ1v) is 4.83. The second kappa shape index (κ2) is 3.35. The highest BCUT2D eigenvalue weighted by molar-refractivity contribution is 5.30. The number of aromatic amines is 1. The fourth-order valence-corrected chi connectivity index (χ4v) is 1.89. The zero-order valence-corrected chi connectivity index (χ0v) is 7.82. The summed E-state index contributed by atoms with van der Waals surface area (Å²) in [5.74, 6) is -3.13. The van der Waals surface area contributed by atoms with Crippen LogP contribution in [-0.4, -0.2) is 16.7 Å². The van der Waals surface area contributed by atoms with Gasteiger partial charge in [0.05, 0.1) is 5.69 Å². The molecule has 0 bridgehead atoms. The van der Waals surface area contributed by atoms with Crippen LogP contribution in [0, 0.1) is 0 Å². The van der Waals surface area contributed by atoms with Crippen LogP contribution >= 0.6 is 0 Å². The van der Waals surface area contributed by atoms with E-state index in [1.807, 2.05) is 0 Å². The molecule has 0 saturated carbocycles. The Labute approximate surface area is 80.9 Å². The van der Waals surface area contributed by atoms with Crippen LogP contribution < -0.4 is 0 Å². The summed E-state index contributed by atoms with van der Waals surface area (Å²) in [7, 11) is 0. The molecule has 0 saturated heterocycles. The third kappa shape index (κ3) is 1.54. The van der Waals surface area contributed by atoms with Crippen LogP contribution in [0.25, 0.3) is 0 Å². The minimum atomic E-state index is -3.13. The van der Waals surface area contributed by atoms with Crippen molar-refractivity contribution in [2.75, 3.05) is 6.61 Å². The van der Waals surface area contributed by atoms with Gasteiger partial charge in [-0.1, -0.05) is 0 Å². The fourth-order valence-electron chi connectivity index (χ4n) is 1.89. The molecule has 78 valence electrons. The number of aromatic nitrogens is 1. The van der Waals surface area contributed by atoms with E-state index in [-0.39, 0.29) is 5.69 Å². The maximum Gasteiger partial charge on any atom is 0.310 e. The van der Waals surface area contributed by atoms with Crippen molar-refractivity contribution in [2.45, 2.75) is 31.6 Å². The van der Waals surface area contributed by atoms with E-state index < -0.39 is 12.5 Å². The Hall–Kier alpha value is -0.900. The summed E-state index contributed by atoms with van der Waals surface area (Å²) in [4.78, 5) is 2.71. The Morgan fingerprint density at radius 3 is 2.71 bits per heavy atom. The van der Waals surface area contributed by atoms with Crippen molar-refractivity contribution in [3.05, 3.63) is 23.0 Å². The normalized spacial score (nSPS) is 16.8. The number of rotatable bonds is 2. The maximum absolute atomic E-state index is 13.1. The molecule has 1 heterocycles. The Bertz CT molecular complexity index is 309. The van der Waals surface area contributed by atoms with Crippen LogP contribution in [0.1, 0.15) is 29.8 Å². The van der Waals surface area contributed by atoms with Crippen LogP contribution in [0.4, 0.5) is 8.78 Å². The summed E-state index contributed by atoms with van der Waals surface area (Å²) in [6.45, 7) is -1.13. The minimum Gasteiger partial charge on any atom is -0.390 e. The van der Waals surface area contributed by atoms with Gasteiger partial charge in [-0.15, -0.1) is 0 Å². The van der Waals surface area contributed by atoms with Gasteiger partial charge in [0.1, 0.15) is 6.61 Å². The van der Waals surface area contributed by atoms with Gasteiger partial charge in [-0.05, 0) is 37.3 Å². The van der Waals surface area contributed by atoms with Gasteiger partial charge in [0.15, 0.2) is 0 Å². The van der Waals surface area contributed by atoms with E-state index in [1.165, 1.54) is 6.07 Å². The minimum absolute atomic E-state index is 0.146. The van der Waals surface area contributed by atoms with Crippen LogP contribution in [0.3, 0.4) is 0 Å². The molecule has 0 fully saturated rings. The van der Waals surface area contributed by atoms with Crippen molar-refractivity contribution < 1.29 is 13.9 Å². The second-order valence-electron chi connectivity index (χ2n) is 3.76. The third-order valence-corrected chi connectivity index (χ3v) is 2.71. The van der Waals surface area contributed by atoms with Gasteiger partial charge in [-0.2, -0.15) is 8.78 Å². The molecule has 14 heavy (non-hydrogen) atoms. The quantitative estimate of drug-likeness (QED) is 0.754. The average Bonchev–Trinajstić information content (AvgIpc) is 2.61. The van der Waals surface area contributed by atoms with E-state index in [1.54, 1.807) is 0 Å². The lowest BCUT2D eigenvalue weighted by atomic mass is 9.98. The molecule has 2 N–H and O–H groups in total. The van der Waals surface area contributed by atoms with Gasteiger partial charge < -0.3 is 10.1 Å². The number of hydrogen-bond donors (Lipinski definition) is 2. The molecular formula is C10H13F2NO. The lowest BCUT2D eigenvalue weighted by Crippen LogP contribution is -2.18. The number of alkyl halides is 2. The zero-order valence-electron chi connectivity index (χ0n) is 7.82. The number of hydrogen-bond acceptors (Lipinski definition) is 1. The molecular weight excluding hydrogens is 188 g/mol. The van der Waals surface area contributed by atoms with Crippen LogP contribution in [0.5, 0.6) is 0 Å². The summed E-state index contributed by atoms with van der Waals surface area (Å²) in [5.41, 5.74) is 1.76. The predicted octanol–water partition coefficient (Wildman–Crippen LogP) is 1.98. The smallest absolute Gasteiger partial charge is 0.310 e. The molecule has 1 aromatic heterocycles. The van der Waals surface area contributed by atoms with Gasteiger partial charge >= 0.3 is 5.92 Å². The lowest BCUT2D eigenvalue weighted by Gasteiger charge is -2.10. The van der Waals surface area contributed by atoms with E-state index >= 15 is 0 Å². The molecule has 2 nitrogen and oxygen atoms in total. The Morgan fingerprint density at radius 1 is 1.36 bits per heavy atom. The number of fused-ring (bicyclic) bond motifs is 1. The summed E-state index contributed by atoms with van der Waals surface area (Å²) in [6.07, 6.45) is 3.83. The molecule has 0 atom stereocenters. The van der Waals surface area contributed by atoms with E-state index in [9.17, 15) is 8.78 Å². The lowest BCUT2D eigenvalue weighted by molar-refractivity contribution is -0.0589. The molecule has 4 heteroatoms. The van der Waals surface area contributed by atoms with Crippen molar-refractivity contribution in [3.8, 4) is 0 Å². The third-order valence-electron chi connectivity index (χ3n) is 2.71. The van der Waals surface area contributed by atoms with Crippen LogP contribution in [-0.2, 0) is 18.8 Å². The van der Waals surface area contributed by atoms with E-state index in [0.717, 1.165) is 36.9 Å². The van der Waals surface area contributed by atoms with Crippen LogP contribution in [0.15, 0.2) is 6.07 Å². The predicted molar refractivity (Wildman–Crippen MR) is 48.4 cm³/mol. The topological polar surface area (TPSA) is 36.0 Å². The summed E-state index contributed by atoms with van der Waals surface area (Å²) >= 11 is 0. The highest BCUT2D eigenvalue weighted by Crippen LogP contribution is 2.30. The molecule has 0 radical (unpaired) electrons. The second-order valence-corrected chi connectivity index (χ2v) is 3.76. The first kappa shape index (κ1) is 9.65. The average molecular weight is 201 g/mol. The molecule has 1 aliphatic rings. The first-order valence-electron chi connectivity index (χ1n) is 4.83. The Kier molecular flexibility index (Phi) is 2.31. The first-order chi connectivity index (χ1) is 6.63. The van der Waals surface area contributed by atoms with Crippen LogP contribution in [0.2, 0.25) is 0 Å². The molecule has 0 spiro atoms. The van der Waals surface area contributed by atoms with Crippen molar-refractivity contribution >= 4 is 0 Å². The summed E-state index contributed by atoms with van der Waals surface area (Å²) < 4.78 is 26.2.